The van der Waals surface area contributed by atoms with Crippen LogP contribution in [-0.4, -0.2) is 73.0 Å². The zero-order valence-corrected chi connectivity index (χ0v) is 13.0. The molecule has 0 unspecified atom stereocenters. The highest BCUT2D eigenvalue weighted by atomic mass is 32.2. The van der Waals surface area contributed by atoms with Crippen LogP contribution in [0.3, 0.4) is 0 Å². The average Bonchev–Trinajstić information content (AvgIpc) is 2.87. The van der Waals surface area contributed by atoms with Gasteiger partial charge in [-0.25, -0.2) is 23.2 Å². The van der Waals surface area contributed by atoms with Gasteiger partial charge in [0.1, 0.15) is 0 Å². The van der Waals surface area contributed by atoms with E-state index < -0.39 is 9.84 Å². The van der Waals surface area contributed by atoms with Crippen molar-refractivity contribution in [1.82, 2.24) is 20.2 Å². The first-order chi connectivity index (χ1) is 10.5. The van der Waals surface area contributed by atoms with E-state index in [9.17, 15) is 13.2 Å². The molecule has 3 heterocycles. The average molecular weight is 325 g/mol. The quantitative estimate of drug-likeness (QED) is 0.787. The van der Waals surface area contributed by atoms with Crippen LogP contribution in [0.2, 0.25) is 0 Å². The maximum atomic E-state index is 12.2. The molecule has 120 valence electrons. The summed E-state index contributed by atoms with van der Waals surface area (Å²) in [5.74, 6) is 0.887. The zero-order valence-electron chi connectivity index (χ0n) is 12.2. The van der Waals surface area contributed by atoms with E-state index in [1.807, 2.05) is 4.90 Å². The number of hydrogen-bond acceptors (Lipinski definition) is 6. The number of hydrogen-bond donors (Lipinski definition) is 1. The maximum Gasteiger partial charge on any atom is 0.317 e. The van der Waals surface area contributed by atoms with Crippen molar-refractivity contribution >= 4 is 21.8 Å². The smallest absolute Gasteiger partial charge is 0.317 e. The monoisotopic (exact) mass is 325 g/mol. The fraction of sp³-hybridized carbons (Fsp3) is 0.615. The first-order valence-corrected chi connectivity index (χ1v) is 9.13. The lowest BCUT2D eigenvalue weighted by Crippen LogP contribution is -2.54. The van der Waals surface area contributed by atoms with Crippen molar-refractivity contribution in [2.45, 2.75) is 12.5 Å². The number of nitrogens with one attached hydrogen (secondary N) is 1. The number of carbonyl (C=O) groups is 1. The van der Waals surface area contributed by atoms with E-state index in [4.69, 9.17) is 0 Å². The molecular formula is C13H19N5O3S. The second-order valence-electron chi connectivity index (χ2n) is 5.57. The van der Waals surface area contributed by atoms with Gasteiger partial charge in [-0.05, 0) is 12.5 Å². The summed E-state index contributed by atoms with van der Waals surface area (Å²) in [6, 6.07) is 1.33. The molecule has 2 fully saturated rings. The van der Waals surface area contributed by atoms with Crippen LogP contribution in [0, 0.1) is 0 Å². The molecule has 1 aromatic heterocycles. The number of sulfone groups is 1. The van der Waals surface area contributed by atoms with Crippen LogP contribution in [0.5, 0.6) is 0 Å². The van der Waals surface area contributed by atoms with Gasteiger partial charge in [0.05, 0.1) is 11.5 Å². The Balaban J connectivity index is 1.50. The minimum Gasteiger partial charge on any atom is -0.337 e. The molecule has 0 aromatic carbocycles. The van der Waals surface area contributed by atoms with Gasteiger partial charge in [0.25, 0.3) is 0 Å². The molecule has 9 heteroatoms. The molecule has 0 radical (unpaired) electrons. The van der Waals surface area contributed by atoms with Crippen molar-refractivity contribution in [2.24, 2.45) is 0 Å². The van der Waals surface area contributed by atoms with E-state index in [-0.39, 0.29) is 23.6 Å². The molecule has 1 atom stereocenters. The van der Waals surface area contributed by atoms with Crippen molar-refractivity contribution in [3.63, 3.8) is 0 Å². The lowest BCUT2D eigenvalue weighted by molar-refractivity contribution is 0.191. The van der Waals surface area contributed by atoms with Crippen LogP contribution < -0.4 is 10.2 Å². The van der Waals surface area contributed by atoms with E-state index in [0.717, 1.165) is 0 Å². The Morgan fingerprint density at radius 2 is 1.86 bits per heavy atom. The number of piperazine rings is 1. The summed E-state index contributed by atoms with van der Waals surface area (Å²) in [4.78, 5) is 24.3. The number of urea groups is 1. The SMILES string of the molecule is O=C(N[C@@H]1CCS(=O)(=O)C1)N1CCN(c2ncccn2)CC1. The summed E-state index contributed by atoms with van der Waals surface area (Å²) >= 11 is 0. The molecule has 2 amide bonds. The molecular weight excluding hydrogens is 306 g/mol. The predicted octanol–water partition coefficient (Wildman–Crippen LogP) is -0.505. The van der Waals surface area contributed by atoms with Crippen molar-refractivity contribution in [1.29, 1.82) is 0 Å². The highest BCUT2D eigenvalue weighted by Gasteiger charge is 2.31. The third-order valence-electron chi connectivity index (χ3n) is 3.96. The van der Waals surface area contributed by atoms with Gasteiger partial charge in [-0.2, -0.15) is 0 Å². The van der Waals surface area contributed by atoms with Gasteiger partial charge in [0, 0.05) is 44.6 Å². The van der Waals surface area contributed by atoms with E-state index in [1.54, 1.807) is 23.4 Å². The Bertz CT molecular complexity index is 628. The molecule has 22 heavy (non-hydrogen) atoms. The van der Waals surface area contributed by atoms with Gasteiger partial charge in [-0.1, -0.05) is 0 Å². The van der Waals surface area contributed by atoms with Gasteiger partial charge < -0.3 is 15.1 Å². The molecule has 1 aromatic rings. The topological polar surface area (TPSA) is 95.5 Å². The largest absolute Gasteiger partial charge is 0.337 e. The number of carbonyl (C=O) groups excluding carboxylic acids is 1. The first kappa shape index (κ1) is 15.0. The van der Waals surface area contributed by atoms with E-state index in [1.165, 1.54) is 0 Å². The van der Waals surface area contributed by atoms with Crippen LogP contribution in [0.15, 0.2) is 18.5 Å². The Labute approximate surface area is 129 Å². The molecule has 2 aliphatic rings. The first-order valence-electron chi connectivity index (χ1n) is 7.31. The summed E-state index contributed by atoms with van der Waals surface area (Å²) in [5, 5.41) is 2.82. The summed E-state index contributed by atoms with van der Waals surface area (Å²) in [7, 11) is -2.97. The third-order valence-corrected chi connectivity index (χ3v) is 5.73. The van der Waals surface area contributed by atoms with E-state index in [2.05, 4.69) is 15.3 Å². The summed E-state index contributed by atoms with van der Waals surface area (Å²) in [6.07, 6.45) is 3.90. The number of amides is 2. The van der Waals surface area contributed by atoms with Gasteiger partial charge in [-0.3, -0.25) is 0 Å². The molecule has 0 spiro atoms. The number of rotatable bonds is 2. The summed E-state index contributed by atoms with van der Waals surface area (Å²) < 4.78 is 22.8. The van der Waals surface area contributed by atoms with Crippen molar-refractivity contribution < 1.29 is 13.2 Å². The molecule has 8 nitrogen and oxygen atoms in total. The van der Waals surface area contributed by atoms with Gasteiger partial charge in [0.2, 0.25) is 5.95 Å². The molecule has 2 aliphatic heterocycles. The van der Waals surface area contributed by atoms with Crippen molar-refractivity contribution in [2.75, 3.05) is 42.6 Å². The Hall–Kier alpha value is -1.90. The molecule has 3 rings (SSSR count). The minimum absolute atomic E-state index is 0.0521. The standard InChI is InChI=1S/C13H19N5O3S/c19-13(16-11-2-9-22(20,21)10-11)18-7-5-17(6-8-18)12-14-3-1-4-15-12/h1,3-4,11H,2,5-10H2,(H,16,19)/t11-/m1/s1. The molecule has 0 saturated carbocycles. The second-order valence-corrected chi connectivity index (χ2v) is 7.80. The third kappa shape index (κ3) is 3.46. The van der Waals surface area contributed by atoms with Crippen LogP contribution in [0.4, 0.5) is 10.7 Å². The van der Waals surface area contributed by atoms with Crippen LogP contribution in [0.1, 0.15) is 6.42 Å². The van der Waals surface area contributed by atoms with Gasteiger partial charge in [-0.15, -0.1) is 0 Å². The lowest BCUT2D eigenvalue weighted by atomic mass is 10.2. The fourth-order valence-electron chi connectivity index (χ4n) is 2.74. The van der Waals surface area contributed by atoms with Gasteiger partial charge in [0.15, 0.2) is 9.84 Å². The van der Waals surface area contributed by atoms with Crippen molar-refractivity contribution in [3.05, 3.63) is 18.5 Å². The summed E-state index contributed by atoms with van der Waals surface area (Å²) in [6.45, 7) is 2.48. The van der Waals surface area contributed by atoms with Gasteiger partial charge >= 0.3 is 6.03 Å². The number of aromatic nitrogens is 2. The molecule has 1 N–H and O–H groups in total. The molecule has 0 aliphatic carbocycles. The molecule has 0 bridgehead atoms. The fourth-order valence-corrected chi connectivity index (χ4v) is 4.41. The van der Waals surface area contributed by atoms with E-state index in [0.29, 0.717) is 38.5 Å². The number of anilines is 1. The Morgan fingerprint density at radius 3 is 2.45 bits per heavy atom. The Morgan fingerprint density at radius 1 is 1.18 bits per heavy atom. The predicted molar refractivity (Wildman–Crippen MR) is 81.4 cm³/mol. The number of nitrogens with zero attached hydrogens (tertiary/aromatic N) is 4. The minimum atomic E-state index is -2.97. The lowest BCUT2D eigenvalue weighted by Gasteiger charge is -2.35. The van der Waals surface area contributed by atoms with E-state index >= 15 is 0 Å². The van der Waals surface area contributed by atoms with Crippen LogP contribution in [0.25, 0.3) is 0 Å². The maximum absolute atomic E-state index is 12.2. The summed E-state index contributed by atoms with van der Waals surface area (Å²) in [5.41, 5.74) is 0. The highest BCUT2D eigenvalue weighted by molar-refractivity contribution is 7.91. The Kier molecular flexibility index (Phi) is 4.14. The van der Waals surface area contributed by atoms with Crippen LogP contribution >= 0.6 is 0 Å². The van der Waals surface area contributed by atoms with Crippen molar-refractivity contribution in [3.8, 4) is 0 Å². The zero-order chi connectivity index (χ0) is 15.6. The molecule has 2 saturated heterocycles. The highest BCUT2D eigenvalue weighted by Crippen LogP contribution is 2.13. The van der Waals surface area contributed by atoms with Crippen LogP contribution in [-0.2, 0) is 9.84 Å². The second kappa shape index (κ2) is 6.07. The normalized spacial score (nSPS) is 24.3.